The van der Waals surface area contributed by atoms with Gasteiger partial charge < -0.3 is 10.9 Å². The van der Waals surface area contributed by atoms with E-state index in [2.05, 4.69) is 5.16 Å². The second-order valence-electron chi connectivity index (χ2n) is 3.22. The van der Waals surface area contributed by atoms with Crippen molar-refractivity contribution in [1.82, 2.24) is 4.90 Å². The fraction of sp³-hybridized carbons (Fsp3) is 0.857. The van der Waals surface area contributed by atoms with Crippen molar-refractivity contribution in [1.29, 1.82) is 0 Å². The van der Waals surface area contributed by atoms with Crippen molar-refractivity contribution in [2.24, 2.45) is 10.9 Å². The average molecular weight is 193 g/mol. The number of hydrogen-bond donors (Lipinski definition) is 2. The van der Waals surface area contributed by atoms with E-state index >= 15 is 0 Å². The largest absolute Gasteiger partial charge is 0.409 e. The third-order valence-electron chi connectivity index (χ3n) is 2.10. The molecule has 3 N–H and O–H groups in total. The lowest BCUT2D eigenvalue weighted by Crippen LogP contribution is -2.43. The molecule has 1 saturated heterocycles. The van der Waals surface area contributed by atoms with E-state index in [0.29, 0.717) is 13.1 Å². The highest BCUT2D eigenvalue weighted by Crippen LogP contribution is 2.27. The summed E-state index contributed by atoms with van der Waals surface area (Å²) >= 11 is 0. The lowest BCUT2D eigenvalue weighted by atomic mass is 10.1. The molecule has 0 aromatic rings. The molecule has 6 heteroatoms. The molecule has 0 bridgehead atoms. The summed E-state index contributed by atoms with van der Waals surface area (Å²) in [6.07, 6.45) is -0.294. The van der Waals surface area contributed by atoms with Crippen LogP contribution in [-0.4, -0.2) is 41.5 Å². The summed E-state index contributed by atoms with van der Waals surface area (Å²) in [6.45, 7) is 0.846. The molecule has 0 aromatic heterocycles. The van der Waals surface area contributed by atoms with Gasteiger partial charge in [-0.05, 0) is 0 Å². The topological polar surface area (TPSA) is 61.8 Å². The van der Waals surface area contributed by atoms with E-state index < -0.39 is 5.92 Å². The highest BCUT2D eigenvalue weighted by atomic mass is 19.3. The van der Waals surface area contributed by atoms with E-state index in [-0.39, 0.29) is 25.2 Å². The number of hydrogen-bond acceptors (Lipinski definition) is 3. The molecule has 0 aromatic carbocycles. The molecule has 4 nitrogen and oxygen atoms in total. The van der Waals surface area contributed by atoms with Gasteiger partial charge in [-0.25, -0.2) is 8.78 Å². The number of amidine groups is 1. The molecular weight excluding hydrogens is 180 g/mol. The molecule has 1 aliphatic heterocycles. The molecule has 0 aliphatic carbocycles. The van der Waals surface area contributed by atoms with Crippen LogP contribution in [0.15, 0.2) is 5.16 Å². The van der Waals surface area contributed by atoms with Gasteiger partial charge in [0.25, 0.3) is 5.92 Å². The summed E-state index contributed by atoms with van der Waals surface area (Å²) in [6, 6.07) is 0. The van der Waals surface area contributed by atoms with Crippen molar-refractivity contribution < 1.29 is 14.0 Å². The summed E-state index contributed by atoms with van der Waals surface area (Å²) in [4.78, 5) is 1.74. The molecule has 0 radical (unpaired) electrons. The number of piperidine rings is 1. The smallest absolute Gasteiger partial charge is 0.250 e. The van der Waals surface area contributed by atoms with Gasteiger partial charge in [-0.15, -0.1) is 0 Å². The van der Waals surface area contributed by atoms with Crippen LogP contribution in [0.1, 0.15) is 12.8 Å². The van der Waals surface area contributed by atoms with E-state index in [1.54, 1.807) is 4.90 Å². The maximum atomic E-state index is 12.7. The van der Waals surface area contributed by atoms with Crippen LogP contribution in [-0.2, 0) is 0 Å². The summed E-state index contributed by atoms with van der Waals surface area (Å²) in [5.41, 5.74) is 5.24. The van der Waals surface area contributed by atoms with E-state index in [4.69, 9.17) is 10.9 Å². The van der Waals surface area contributed by atoms with Crippen LogP contribution in [0.25, 0.3) is 0 Å². The quantitative estimate of drug-likeness (QED) is 0.290. The fourth-order valence-electron chi connectivity index (χ4n) is 1.30. The van der Waals surface area contributed by atoms with Crippen LogP contribution < -0.4 is 5.73 Å². The first-order valence-electron chi connectivity index (χ1n) is 4.10. The van der Waals surface area contributed by atoms with Gasteiger partial charge in [0, 0.05) is 25.9 Å². The van der Waals surface area contributed by atoms with Crippen molar-refractivity contribution in [3.63, 3.8) is 0 Å². The van der Waals surface area contributed by atoms with Gasteiger partial charge in [0.05, 0.1) is 6.54 Å². The summed E-state index contributed by atoms with van der Waals surface area (Å²) < 4.78 is 25.3. The van der Waals surface area contributed by atoms with Crippen molar-refractivity contribution in [2.45, 2.75) is 18.8 Å². The normalized spacial score (nSPS) is 24.6. The molecule has 0 unspecified atom stereocenters. The maximum Gasteiger partial charge on any atom is 0.250 e. The van der Waals surface area contributed by atoms with E-state index in [1.807, 2.05) is 0 Å². The number of oxime groups is 1. The van der Waals surface area contributed by atoms with Crippen LogP contribution in [0.2, 0.25) is 0 Å². The van der Waals surface area contributed by atoms with Crippen LogP contribution in [0, 0.1) is 0 Å². The molecular formula is C7H13F2N3O. The van der Waals surface area contributed by atoms with Gasteiger partial charge in [-0.1, -0.05) is 5.16 Å². The van der Waals surface area contributed by atoms with Crippen LogP contribution >= 0.6 is 0 Å². The van der Waals surface area contributed by atoms with E-state index in [1.165, 1.54) is 0 Å². The van der Waals surface area contributed by atoms with Crippen molar-refractivity contribution in [2.75, 3.05) is 19.6 Å². The lowest BCUT2D eigenvalue weighted by molar-refractivity contribution is -0.0524. The SMILES string of the molecule is N/C(CN1CCC(F)(F)CC1)=N/O. The van der Waals surface area contributed by atoms with Crippen molar-refractivity contribution in [3.05, 3.63) is 0 Å². The van der Waals surface area contributed by atoms with Crippen molar-refractivity contribution in [3.8, 4) is 0 Å². The van der Waals surface area contributed by atoms with Crippen molar-refractivity contribution >= 4 is 5.84 Å². The number of rotatable bonds is 2. The minimum absolute atomic E-state index is 0.0604. The molecule has 1 rings (SSSR count). The Morgan fingerprint density at radius 2 is 2.00 bits per heavy atom. The van der Waals surface area contributed by atoms with Gasteiger partial charge in [0.1, 0.15) is 0 Å². The standard InChI is InChI=1S/C7H13F2N3O/c8-7(9)1-3-12(4-2-7)5-6(10)11-13/h13H,1-5H2,(H2,10,11). The number of alkyl halides is 2. The van der Waals surface area contributed by atoms with E-state index in [9.17, 15) is 8.78 Å². The van der Waals surface area contributed by atoms with Gasteiger partial charge in [-0.3, -0.25) is 4.90 Å². The van der Waals surface area contributed by atoms with Crippen LogP contribution in [0.4, 0.5) is 8.78 Å². The first-order valence-corrected chi connectivity index (χ1v) is 4.10. The maximum absolute atomic E-state index is 12.7. The Hall–Kier alpha value is -0.910. The van der Waals surface area contributed by atoms with Gasteiger partial charge in [-0.2, -0.15) is 0 Å². The summed E-state index contributed by atoms with van der Waals surface area (Å²) in [5.74, 6) is -2.48. The molecule has 13 heavy (non-hydrogen) atoms. The lowest BCUT2D eigenvalue weighted by Gasteiger charge is -2.30. The van der Waals surface area contributed by atoms with Gasteiger partial charge >= 0.3 is 0 Å². The highest BCUT2D eigenvalue weighted by Gasteiger charge is 2.33. The number of halogens is 2. The number of nitrogens with zero attached hydrogens (tertiary/aromatic N) is 2. The molecule has 0 amide bonds. The number of likely N-dealkylation sites (tertiary alicyclic amines) is 1. The minimum atomic E-state index is -2.54. The number of nitrogens with two attached hydrogens (primary N) is 1. The third-order valence-corrected chi connectivity index (χ3v) is 2.10. The predicted octanol–water partition coefficient (Wildman–Crippen LogP) is 0.464. The second-order valence-corrected chi connectivity index (χ2v) is 3.22. The minimum Gasteiger partial charge on any atom is -0.409 e. The molecule has 0 spiro atoms. The zero-order valence-corrected chi connectivity index (χ0v) is 7.21. The summed E-state index contributed by atoms with van der Waals surface area (Å²) in [7, 11) is 0. The van der Waals surface area contributed by atoms with Gasteiger partial charge in [0.2, 0.25) is 0 Å². The second kappa shape index (κ2) is 3.87. The average Bonchev–Trinajstić information content (AvgIpc) is 2.08. The van der Waals surface area contributed by atoms with E-state index in [0.717, 1.165) is 0 Å². The van der Waals surface area contributed by atoms with Crippen LogP contribution in [0.5, 0.6) is 0 Å². The van der Waals surface area contributed by atoms with Gasteiger partial charge in [0.15, 0.2) is 5.84 Å². The highest BCUT2D eigenvalue weighted by molar-refractivity contribution is 5.81. The molecule has 1 fully saturated rings. The Balaban J connectivity index is 2.33. The Kier molecular flexibility index (Phi) is 3.02. The predicted molar refractivity (Wildman–Crippen MR) is 44.0 cm³/mol. The Morgan fingerprint density at radius 3 is 2.46 bits per heavy atom. The zero-order chi connectivity index (χ0) is 9.90. The molecule has 1 heterocycles. The molecule has 76 valence electrons. The first kappa shape index (κ1) is 10.2. The van der Waals surface area contributed by atoms with Crippen LogP contribution in [0.3, 0.4) is 0 Å². The Morgan fingerprint density at radius 1 is 1.46 bits per heavy atom. The third kappa shape index (κ3) is 3.14. The Bertz CT molecular complexity index is 198. The first-order chi connectivity index (χ1) is 6.03. The fourth-order valence-corrected chi connectivity index (χ4v) is 1.30. The molecule has 0 atom stereocenters. The Labute approximate surface area is 75.0 Å². The zero-order valence-electron chi connectivity index (χ0n) is 7.21. The monoisotopic (exact) mass is 193 g/mol. The summed E-state index contributed by atoms with van der Waals surface area (Å²) in [5, 5.41) is 11.0. The molecule has 1 aliphatic rings. The molecule has 0 saturated carbocycles.